The number of rotatable bonds is 4. The van der Waals surface area contributed by atoms with E-state index in [9.17, 15) is 13.2 Å². The predicted molar refractivity (Wildman–Crippen MR) is 124 cm³/mol. The molecule has 0 atom stereocenters. The first kappa shape index (κ1) is 24.4. The Bertz CT molecular complexity index is 1270. The average Bonchev–Trinajstić information content (AvgIpc) is 3.37. The lowest BCUT2D eigenvalue weighted by Crippen LogP contribution is -2.28. The summed E-state index contributed by atoms with van der Waals surface area (Å²) in [7, 11) is -3.67. The number of amides is 1. The zero-order valence-corrected chi connectivity index (χ0v) is 20.0. The molecule has 32 heavy (non-hydrogen) atoms. The lowest BCUT2D eigenvalue weighted by atomic mass is 10.0. The zero-order valence-electron chi connectivity index (χ0n) is 17.7. The van der Waals surface area contributed by atoms with E-state index in [1.807, 2.05) is 6.92 Å². The van der Waals surface area contributed by atoms with Crippen molar-refractivity contribution in [1.29, 1.82) is 0 Å². The molecule has 3 heterocycles. The number of aryl methyl sites for hydroxylation is 1. The number of hydrogen-bond acceptors (Lipinski definition) is 6. The van der Waals surface area contributed by atoms with Crippen molar-refractivity contribution in [2.75, 3.05) is 13.1 Å². The molecule has 1 saturated heterocycles. The molecule has 0 saturated carbocycles. The second-order valence-corrected chi connectivity index (χ2v) is 10.1. The van der Waals surface area contributed by atoms with Gasteiger partial charge in [-0.15, -0.1) is 0 Å². The summed E-state index contributed by atoms with van der Waals surface area (Å²) in [4.78, 5) is 18.0. The number of carbonyl (C=O) groups excluding carboxylic acids is 1. The molecular formula is C20H24Cl2N6O3S. The summed E-state index contributed by atoms with van der Waals surface area (Å²) in [5.74, 6) is -0.0477. The van der Waals surface area contributed by atoms with E-state index in [0.717, 1.165) is 18.4 Å². The molecule has 3 aromatic rings. The smallest absolute Gasteiger partial charge is 0.262 e. The number of halogens is 2. The van der Waals surface area contributed by atoms with Crippen LogP contribution in [0.4, 0.5) is 0 Å². The number of nitrogens with two attached hydrogens (primary N) is 2. The van der Waals surface area contributed by atoms with Crippen LogP contribution in [-0.2, 0) is 21.4 Å². The zero-order chi connectivity index (χ0) is 23.6. The summed E-state index contributed by atoms with van der Waals surface area (Å²) in [6.07, 6.45) is 3.20. The summed E-state index contributed by atoms with van der Waals surface area (Å²) < 4.78 is 29.0. The van der Waals surface area contributed by atoms with E-state index in [0.29, 0.717) is 40.1 Å². The summed E-state index contributed by atoms with van der Waals surface area (Å²) in [5, 5.41) is 0.918. The Morgan fingerprint density at radius 3 is 2.38 bits per heavy atom. The van der Waals surface area contributed by atoms with Gasteiger partial charge in [-0.2, -0.15) is 9.29 Å². The van der Waals surface area contributed by atoms with E-state index in [1.54, 1.807) is 22.6 Å². The maximum absolute atomic E-state index is 13.0. The van der Waals surface area contributed by atoms with Crippen LogP contribution in [0.15, 0.2) is 29.4 Å². The summed E-state index contributed by atoms with van der Waals surface area (Å²) >= 11 is 12.5. The Morgan fingerprint density at radius 1 is 1.19 bits per heavy atom. The van der Waals surface area contributed by atoms with E-state index < -0.39 is 10.0 Å². The summed E-state index contributed by atoms with van der Waals surface area (Å²) in [5.41, 5.74) is 13.2. The van der Waals surface area contributed by atoms with Gasteiger partial charge in [-0.1, -0.05) is 23.2 Å². The number of fused-ring (bicyclic) bond motifs is 1. The van der Waals surface area contributed by atoms with Crippen LogP contribution in [-0.4, -0.2) is 46.1 Å². The van der Waals surface area contributed by atoms with Crippen molar-refractivity contribution in [3.8, 4) is 11.3 Å². The molecule has 4 N–H and O–H groups in total. The van der Waals surface area contributed by atoms with Crippen LogP contribution in [0, 0.1) is 6.92 Å². The molecule has 1 fully saturated rings. The third-order valence-corrected chi connectivity index (χ3v) is 7.27. The summed E-state index contributed by atoms with van der Waals surface area (Å²) in [6.45, 7) is 4.35. The molecule has 1 aliphatic rings. The number of aromatic nitrogens is 3. The molecule has 0 bridgehead atoms. The van der Waals surface area contributed by atoms with Crippen molar-refractivity contribution in [2.24, 2.45) is 11.5 Å². The highest BCUT2D eigenvalue weighted by molar-refractivity contribution is 7.89. The molecule has 1 aromatic carbocycles. The van der Waals surface area contributed by atoms with Crippen LogP contribution in [0.5, 0.6) is 0 Å². The quantitative estimate of drug-likeness (QED) is 0.567. The van der Waals surface area contributed by atoms with Crippen molar-refractivity contribution >= 4 is 44.9 Å². The van der Waals surface area contributed by atoms with Crippen molar-refractivity contribution in [3.63, 3.8) is 0 Å². The SMILES string of the molecule is CC(N)=O.Cc1nc2nc(S(=O)(=O)N3CCCC3)cn2c(-c2ccc(Cl)cc2Cl)c1CN. The highest BCUT2D eigenvalue weighted by Gasteiger charge is 2.30. The predicted octanol–water partition coefficient (Wildman–Crippen LogP) is 2.75. The van der Waals surface area contributed by atoms with E-state index in [1.165, 1.54) is 17.4 Å². The van der Waals surface area contributed by atoms with Crippen molar-refractivity contribution in [1.82, 2.24) is 18.7 Å². The molecule has 1 aliphatic heterocycles. The van der Waals surface area contributed by atoms with Crippen molar-refractivity contribution < 1.29 is 13.2 Å². The average molecular weight is 499 g/mol. The van der Waals surface area contributed by atoms with Gasteiger partial charge in [0, 0.05) is 48.4 Å². The second kappa shape index (κ2) is 9.72. The standard InChI is InChI=1S/C18H19Cl2N5O2S.C2H5NO/c1-11-14(9-21)17(13-5-4-12(19)8-15(13)20)25-10-16(23-18(25)22-11)28(26,27)24-6-2-3-7-24;1-2(3)4/h4-5,8,10H,2-3,6-7,9,21H2,1H3;1H3,(H2,3,4). The molecule has 2 aromatic heterocycles. The Balaban J connectivity index is 0.000000668. The van der Waals surface area contributed by atoms with Crippen LogP contribution in [0.1, 0.15) is 31.0 Å². The highest BCUT2D eigenvalue weighted by Crippen LogP contribution is 2.34. The van der Waals surface area contributed by atoms with Gasteiger partial charge in [-0.25, -0.2) is 13.4 Å². The van der Waals surface area contributed by atoms with Gasteiger partial charge in [0.05, 0.1) is 16.9 Å². The Morgan fingerprint density at radius 2 is 1.81 bits per heavy atom. The Kier molecular flexibility index (Phi) is 7.41. The van der Waals surface area contributed by atoms with Gasteiger partial charge in [-0.05, 0) is 38.0 Å². The number of hydrogen-bond donors (Lipinski definition) is 2. The fourth-order valence-corrected chi connectivity index (χ4v) is 5.47. The number of nitrogens with zero attached hydrogens (tertiary/aromatic N) is 4. The monoisotopic (exact) mass is 498 g/mol. The maximum atomic E-state index is 13.0. The fourth-order valence-electron chi connectivity index (χ4n) is 3.53. The third-order valence-electron chi connectivity index (χ3n) is 4.96. The van der Waals surface area contributed by atoms with Crippen LogP contribution in [0.25, 0.3) is 17.0 Å². The number of sulfonamides is 1. The van der Waals surface area contributed by atoms with Gasteiger partial charge in [0.1, 0.15) is 0 Å². The molecule has 9 nitrogen and oxygen atoms in total. The minimum absolute atomic E-state index is 0.0261. The number of imidazole rings is 1. The van der Waals surface area contributed by atoms with Gasteiger partial charge in [-0.3, -0.25) is 9.20 Å². The first-order valence-corrected chi connectivity index (χ1v) is 12.1. The largest absolute Gasteiger partial charge is 0.370 e. The highest BCUT2D eigenvalue weighted by atomic mass is 35.5. The molecule has 0 aliphatic carbocycles. The van der Waals surface area contributed by atoms with Crippen LogP contribution < -0.4 is 11.5 Å². The Labute approximate surface area is 196 Å². The lowest BCUT2D eigenvalue weighted by molar-refractivity contribution is -0.115. The molecule has 12 heteroatoms. The molecule has 1 amide bonds. The van der Waals surface area contributed by atoms with Gasteiger partial charge in [0.2, 0.25) is 11.7 Å². The van der Waals surface area contributed by atoms with E-state index >= 15 is 0 Å². The second-order valence-electron chi connectivity index (χ2n) is 7.32. The summed E-state index contributed by atoms with van der Waals surface area (Å²) in [6, 6.07) is 5.15. The van der Waals surface area contributed by atoms with E-state index in [-0.39, 0.29) is 23.3 Å². The van der Waals surface area contributed by atoms with Gasteiger partial charge in [0.25, 0.3) is 10.0 Å². The fraction of sp³-hybridized carbons (Fsp3) is 0.350. The minimum atomic E-state index is -3.67. The lowest BCUT2D eigenvalue weighted by Gasteiger charge is -2.14. The van der Waals surface area contributed by atoms with Crippen LogP contribution in [0.2, 0.25) is 10.0 Å². The van der Waals surface area contributed by atoms with E-state index in [4.69, 9.17) is 28.9 Å². The third kappa shape index (κ3) is 4.89. The molecule has 0 spiro atoms. The molecule has 0 radical (unpaired) electrons. The molecule has 172 valence electrons. The number of benzene rings is 1. The van der Waals surface area contributed by atoms with Crippen molar-refractivity contribution in [3.05, 3.63) is 45.7 Å². The van der Waals surface area contributed by atoms with Crippen LogP contribution in [0.3, 0.4) is 0 Å². The van der Waals surface area contributed by atoms with Gasteiger partial charge >= 0.3 is 0 Å². The van der Waals surface area contributed by atoms with E-state index in [2.05, 4.69) is 15.7 Å². The van der Waals surface area contributed by atoms with Gasteiger partial charge < -0.3 is 11.5 Å². The maximum Gasteiger partial charge on any atom is 0.262 e. The molecule has 4 rings (SSSR count). The first-order chi connectivity index (χ1) is 15.1. The number of primary amides is 1. The topological polar surface area (TPSA) is 137 Å². The number of carbonyl (C=O) groups is 1. The molecular weight excluding hydrogens is 475 g/mol. The first-order valence-electron chi connectivity index (χ1n) is 9.86. The normalized spacial score (nSPS) is 14.4. The minimum Gasteiger partial charge on any atom is -0.370 e. The van der Waals surface area contributed by atoms with Crippen molar-refractivity contribution in [2.45, 2.75) is 38.3 Å². The molecule has 0 unspecified atom stereocenters. The van der Waals surface area contributed by atoms with Gasteiger partial charge in [0.15, 0.2) is 5.03 Å². The van der Waals surface area contributed by atoms with Crippen LogP contribution >= 0.6 is 23.2 Å². The Hall–Kier alpha value is -2.24.